The summed E-state index contributed by atoms with van der Waals surface area (Å²) in [5, 5.41) is 2.78. The van der Waals surface area contributed by atoms with Crippen molar-refractivity contribution in [2.24, 2.45) is 0 Å². The Morgan fingerprint density at radius 1 is 1.00 bits per heavy atom. The minimum absolute atomic E-state index is 0.0431. The quantitative estimate of drug-likeness (QED) is 0.768. The van der Waals surface area contributed by atoms with Crippen LogP contribution in [0.3, 0.4) is 0 Å². The highest BCUT2D eigenvalue weighted by molar-refractivity contribution is 7.89. The van der Waals surface area contributed by atoms with E-state index in [1.54, 1.807) is 0 Å². The van der Waals surface area contributed by atoms with Crippen LogP contribution in [0.2, 0.25) is 0 Å². The van der Waals surface area contributed by atoms with Crippen molar-refractivity contribution in [2.75, 3.05) is 12.3 Å². The first-order chi connectivity index (χ1) is 11.5. The van der Waals surface area contributed by atoms with Gasteiger partial charge in [-0.25, -0.2) is 13.1 Å². The van der Waals surface area contributed by atoms with Crippen molar-refractivity contribution < 1.29 is 13.2 Å². The Labute approximate surface area is 143 Å². The molecule has 0 fully saturated rings. The highest BCUT2D eigenvalue weighted by atomic mass is 32.2. The van der Waals surface area contributed by atoms with Crippen molar-refractivity contribution in [1.82, 2.24) is 10.0 Å². The van der Waals surface area contributed by atoms with Crippen LogP contribution >= 0.6 is 0 Å². The van der Waals surface area contributed by atoms with Gasteiger partial charge in [-0.15, -0.1) is 0 Å². The Bertz CT molecular complexity index is 746. The van der Waals surface area contributed by atoms with E-state index in [0.29, 0.717) is 6.42 Å². The van der Waals surface area contributed by atoms with Gasteiger partial charge in [-0.05, 0) is 24.5 Å². The first-order valence-corrected chi connectivity index (χ1v) is 9.47. The monoisotopic (exact) mass is 346 g/mol. The number of hydrogen-bond donors (Lipinski definition) is 2. The fourth-order valence-electron chi connectivity index (χ4n) is 2.26. The molecule has 0 saturated heterocycles. The number of hydrogen-bond acceptors (Lipinski definition) is 3. The summed E-state index contributed by atoms with van der Waals surface area (Å²) in [6, 6.07) is 18.7. The van der Waals surface area contributed by atoms with Crippen LogP contribution in [0.4, 0.5) is 0 Å². The molecule has 5 nitrogen and oxygen atoms in total. The van der Waals surface area contributed by atoms with Crippen LogP contribution in [0.1, 0.15) is 24.1 Å². The van der Waals surface area contributed by atoms with Gasteiger partial charge in [-0.3, -0.25) is 4.79 Å². The number of amides is 1. The van der Waals surface area contributed by atoms with Crippen LogP contribution in [-0.4, -0.2) is 26.6 Å². The molecule has 0 radical (unpaired) electrons. The van der Waals surface area contributed by atoms with E-state index in [0.717, 1.165) is 11.1 Å². The van der Waals surface area contributed by atoms with Gasteiger partial charge in [0.05, 0.1) is 18.3 Å². The summed E-state index contributed by atoms with van der Waals surface area (Å²) in [6.07, 6.45) is 0.415. The van der Waals surface area contributed by atoms with Crippen molar-refractivity contribution in [3.63, 3.8) is 0 Å². The second kappa shape index (κ2) is 8.61. The van der Waals surface area contributed by atoms with E-state index in [1.807, 2.05) is 67.6 Å². The molecule has 1 amide bonds. The Morgan fingerprint density at radius 3 is 2.21 bits per heavy atom. The average Bonchev–Trinajstić information content (AvgIpc) is 2.60. The zero-order valence-corrected chi connectivity index (χ0v) is 14.4. The van der Waals surface area contributed by atoms with Crippen LogP contribution < -0.4 is 10.0 Å². The Kier molecular flexibility index (Phi) is 6.52. The highest BCUT2D eigenvalue weighted by Gasteiger charge is 2.14. The van der Waals surface area contributed by atoms with E-state index in [2.05, 4.69) is 10.0 Å². The maximum absolute atomic E-state index is 12.0. The second-order valence-corrected chi connectivity index (χ2v) is 7.50. The first-order valence-electron chi connectivity index (χ1n) is 7.82. The number of sulfonamides is 1. The molecule has 2 aromatic rings. The zero-order valence-electron chi connectivity index (χ0n) is 13.6. The molecule has 0 heterocycles. The van der Waals surface area contributed by atoms with Crippen LogP contribution in [0.5, 0.6) is 0 Å². The van der Waals surface area contributed by atoms with Gasteiger partial charge >= 0.3 is 0 Å². The maximum atomic E-state index is 12.0. The standard InChI is InChI=1S/C18H22N2O3S/c1-15(17-10-6-3-7-11-17)20-18(21)14-19-24(22,23)13-12-16-8-4-2-5-9-16/h2-11,15,19H,12-14H2,1H3,(H,20,21). The lowest BCUT2D eigenvalue weighted by Gasteiger charge is -2.14. The van der Waals surface area contributed by atoms with Gasteiger partial charge in [0, 0.05) is 0 Å². The molecule has 1 atom stereocenters. The Balaban J connectivity index is 1.78. The molecule has 0 bridgehead atoms. The molecule has 2 aromatic carbocycles. The number of carbonyl (C=O) groups is 1. The van der Waals surface area contributed by atoms with E-state index in [-0.39, 0.29) is 24.2 Å². The third kappa shape index (κ3) is 6.14. The van der Waals surface area contributed by atoms with E-state index >= 15 is 0 Å². The third-order valence-corrected chi connectivity index (χ3v) is 4.96. The van der Waals surface area contributed by atoms with Gasteiger partial charge < -0.3 is 5.32 Å². The summed E-state index contributed by atoms with van der Waals surface area (Å²) in [5.41, 5.74) is 1.92. The fraction of sp³-hybridized carbons (Fsp3) is 0.278. The van der Waals surface area contributed by atoms with Gasteiger partial charge in [0.1, 0.15) is 0 Å². The average molecular weight is 346 g/mol. The van der Waals surface area contributed by atoms with E-state index in [9.17, 15) is 13.2 Å². The first kappa shape index (κ1) is 18.2. The minimum Gasteiger partial charge on any atom is -0.348 e. The van der Waals surface area contributed by atoms with Gasteiger partial charge in [0.2, 0.25) is 15.9 Å². The molecule has 0 spiro atoms. The minimum atomic E-state index is -3.49. The van der Waals surface area contributed by atoms with Crippen molar-refractivity contribution in [1.29, 1.82) is 0 Å². The zero-order chi connectivity index (χ0) is 17.4. The molecule has 0 aliphatic rings. The van der Waals surface area contributed by atoms with Crippen molar-refractivity contribution in [3.8, 4) is 0 Å². The number of aryl methyl sites for hydroxylation is 1. The van der Waals surface area contributed by atoms with Gasteiger partial charge in [0.25, 0.3) is 0 Å². The smallest absolute Gasteiger partial charge is 0.235 e. The summed E-state index contributed by atoms with van der Waals surface area (Å²) in [7, 11) is -3.49. The third-order valence-electron chi connectivity index (χ3n) is 3.63. The Morgan fingerprint density at radius 2 is 1.58 bits per heavy atom. The van der Waals surface area contributed by atoms with E-state index < -0.39 is 10.0 Å². The van der Waals surface area contributed by atoms with Gasteiger partial charge in [-0.1, -0.05) is 60.7 Å². The molecule has 2 rings (SSSR count). The normalized spacial score (nSPS) is 12.5. The maximum Gasteiger partial charge on any atom is 0.235 e. The van der Waals surface area contributed by atoms with Crippen LogP contribution in [0.15, 0.2) is 60.7 Å². The molecule has 24 heavy (non-hydrogen) atoms. The highest BCUT2D eigenvalue weighted by Crippen LogP contribution is 2.10. The number of nitrogens with one attached hydrogen (secondary N) is 2. The predicted molar refractivity (Wildman–Crippen MR) is 94.9 cm³/mol. The Hall–Kier alpha value is -2.18. The van der Waals surface area contributed by atoms with Crippen molar-refractivity contribution in [3.05, 3.63) is 71.8 Å². The molecule has 0 aliphatic heterocycles. The second-order valence-electron chi connectivity index (χ2n) is 5.58. The molecule has 0 aliphatic carbocycles. The van der Waals surface area contributed by atoms with Crippen LogP contribution in [-0.2, 0) is 21.2 Å². The number of carbonyl (C=O) groups excluding carboxylic acids is 1. The molecule has 0 aromatic heterocycles. The molecule has 1 unspecified atom stereocenters. The summed E-state index contributed by atoms with van der Waals surface area (Å²) >= 11 is 0. The van der Waals surface area contributed by atoms with Crippen molar-refractivity contribution in [2.45, 2.75) is 19.4 Å². The molecule has 6 heteroatoms. The largest absolute Gasteiger partial charge is 0.348 e. The van der Waals surface area contributed by atoms with Gasteiger partial charge in [-0.2, -0.15) is 0 Å². The van der Waals surface area contributed by atoms with Crippen molar-refractivity contribution >= 4 is 15.9 Å². The fourth-order valence-corrected chi connectivity index (χ4v) is 3.26. The lowest BCUT2D eigenvalue weighted by Crippen LogP contribution is -2.39. The number of rotatable bonds is 8. The molecule has 128 valence electrons. The SMILES string of the molecule is CC(NC(=O)CNS(=O)(=O)CCc1ccccc1)c1ccccc1. The molecular formula is C18H22N2O3S. The van der Waals surface area contributed by atoms with Crippen LogP contribution in [0, 0.1) is 0 Å². The molecular weight excluding hydrogens is 324 g/mol. The summed E-state index contributed by atoms with van der Waals surface area (Å²) in [5.74, 6) is -0.395. The van der Waals surface area contributed by atoms with E-state index in [4.69, 9.17) is 0 Å². The topological polar surface area (TPSA) is 75.3 Å². The lowest BCUT2D eigenvalue weighted by atomic mass is 10.1. The lowest BCUT2D eigenvalue weighted by molar-refractivity contribution is -0.120. The number of benzene rings is 2. The van der Waals surface area contributed by atoms with Gasteiger partial charge in [0.15, 0.2) is 0 Å². The van der Waals surface area contributed by atoms with E-state index in [1.165, 1.54) is 0 Å². The van der Waals surface area contributed by atoms with Crippen LogP contribution in [0.25, 0.3) is 0 Å². The molecule has 0 saturated carbocycles. The summed E-state index contributed by atoms with van der Waals surface area (Å²) in [6.45, 7) is 1.60. The predicted octanol–water partition coefficient (Wildman–Crippen LogP) is 2.03. The summed E-state index contributed by atoms with van der Waals surface area (Å²) < 4.78 is 26.3. The summed E-state index contributed by atoms with van der Waals surface area (Å²) in [4.78, 5) is 11.9. The molecule has 2 N–H and O–H groups in total.